The van der Waals surface area contributed by atoms with E-state index in [2.05, 4.69) is 15.9 Å². The molecule has 0 aliphatic heterocycles. The Morgan fingerprint density at radius 3 is 2.76 bits per heavy atom. The lowest BCUT2D eigenvalue weighted by Gasteiger charge is -2.15. The Morgan fingerprint density at radius 1 is 1.33 bits per heavy atom. The number of benzene rings is 2. The molecule has 0 amide bonds. The predicted molar refractivity (Wildman–Crippen MR) is 87.6 cm³/mol. The summed E-state index contributed by atoms with van der Waals surface area (Å²) in [5.41, 5.74) is 6.91. The van der Waals surface area contributed by atoms with Crippen molar-refractivity contribution in [3.8, 4) is 11.5 Å². The van der Waals surface area contributed by atoms with E-state index in [1.54, 1.807) is 12.1 Å². The maximum absolute atomic E-state index is 13.4. The van der Waals surface area contributed by atoms with Gasteiger partial charge in [0.2, 0.25) is 0 Å². The first kappa shape index (κ1) is 16.3. The van der Waals surface area contributed by atoms with Crippen molar-refractivity contribution in [2.45, 2.75) is 25.8 Å². The molecule has 0 aromatic heterocycles. The van der Waals surface area contributed by atoms with E-state index in [-0.39, 0.29) is 11.9 Å². The van der Waals surface area contributed by atoms with Crippen LogP contribution in [0.2, 0.25) is 5.02 Å². The van der Waals surface area contributed by atoms with Crippen LogP contribution in [-0.2, 0) is 6.42 Å². The second kappa shape index (κ2) is 7.25. The van der Waals surface area contributed by atoms with Crippen molar-refractivity contribution in [3.63, 3.8) is 0 Å². The first-order chi connectivity index (χ1) is 9.99. The molecule has 2 aromatic rings. The van der Waals surface area contributed by atoms with Crippen LogP contribution in [0.4, 0.5) is 4.39 Å². The number of para-hydroxylation sites is 1. The van der Waals surface area contributed by atoms with Crippen LogP contribution < -0.4 is 10.5 Å². The summed E-state index contributed by atoms with van der Waals surface area (Å²) in [5.74, 6) is 0.542. The SMILES string of the molecule is CCC(N)Cc1cccc(Cl)c1Oc1cc(F)cc(Br)c1. The van der Waals surface area contributed by atoms with E-state index in [0.717, 1.165) is 12.0 Å². The van der Waals surface area contributed by atoms with Crippen LogP contribution in [0.15, 0.2) is 40.9 Å². The van der Waals surface area contributed by atoms with Crippen LogP contribution in [0.3, 0.4) is 0 Å². The van der Waals surface area contributed by atoms with E-state index in [1.165, 1.54) is 12.1 Å². The minimum atomic E-state index is -0.377. The van der Waals surface area contributed by atoms with Crippen molar-refractivity contribution in [2.24, 2.45) is 5.73 Å². The van der Waals surface area contributed by atoms with Crippen LogP contribution in [0.1, 0.15) is 18.9 Å². The number of ether oxygens (including phenoxy) is 1. The summed E-state index contributed by atoms with van der Waals surface area (Å²) in [5, 5.41) is 0.483. The van der Waals surface area contributed by atoms with E-state index in [4.69, 9.17) is 22.1 Å². The molecule has 2 nitrogen and oxygen atoms in total. The van der Waals surface area contributed by atoms with Crippen molar-refractivity contribution in [3.05, 3.63) is 57.3 Å². The van der Waals surface area contributed by atoms with Crippen LogP contribution >= 0.6 is 27.5 Å². The third kappa shape index (κ3) is 4.43. The van der Waals surface area contributed by atoms with E-state index in [9.17, 15) is 4.39 Å². The van der Waals surface area contributed by atoms with Crippen LogP contribution in [0.25, 0.3) is 0 Å². The van der Waals surface area contributed by atoms with Gasteiger partial charge in [-0.15, -0.1) is 0 Å². The van der Waals surface area contributed by atoms with Gasteiger partial charge in [-0.3, -0.25) is 0 Å². The van der Waals surface area contributed by atoms with Gasteiger partial charge in [0, 0.05) is 16.6 Å². The van der Waals surface area contributed by atoms with E-state index in [0.29, 0.717) is 27.4 Å². The van der Waals surface area contributed by atoms with Crippen LogP contribution in [-0.4, -0.2) is 6.04 Å². The summed E-state index contributed by atoms with van der Waals surface area (Å²) >= 11 is 9.46. The van der Waals surface area contributed by atoms with E-state index < -0.39 is 0 Å². The van der Waals surface area contributed by atoms with E-state index >= 15 is 0 Å². The fourth-order valence-corrected chi connectivity index (χ4v) is 2.64. The average Bonchev–Trinajstić information content (AvgIpc) is 2.41. The summed E-state index contributed by atoms with van der Waals surface area (Å²) in [7, 11) is 0. The molecule has 0 saturated carbocycles. The molecule has 0 radical (unpaired) electrons. The van der Waals surface area contributed by atoms with Gasteiger partial charge < -0.3 is 10.5 Å². The van der Waals surface area contributed by atoms with Gasteiger partial charge in [-0.1, -0.05) is 46.6 Å². The first-order valence-electron chi connectivity index (χ1n) is 6.66. The Bertz CT molecular complexity index is 615. The molecule has 112 valence electrons. The normalized spacial score (nSPS) is 12.2. The first-order valence-corrected chi connectivity index (χ1v) is 7.83. The molecule has 21 heavy (non-hydrogen) atoms. The number of hydrogen-bond donors (Lipinski definition) is 1. The van der Waals surface area contributed by atoms with Gasteiger partial charge >= 0.3 is 0 Å². The highest BCUT2D eigenvalue weighted by Crippen LogP contribution is 2.35. The molecule has 2 N–H and O–H groups in total. The van der Waals surface area contributed by atoms with Crippen molar-refractivity contribution in [1.29, 1.82) is 0 Å². The molecule has 0 aliphatic carbocycles. The lowest BCUT2D eigenvalue weighted by atomic mass is 10.0. The molecule has 1 unspecified atom stereocenters. The van der Waals surface area contributed by atoms with Crippen molar-refractivity contribution < 1.29 is 9.13 Å². The lowest BCUT2D eigenvalue weighted by Crippen LogP contribution is -2.21. The third-order valence-corrected chi connectivity index (χ3v) is 3.87. The van der Waals surface area contributed by atoms with Crippen LogP contribution in [0, 0.1) is 5.82 Å². The minimum absolute atomic E-state index is 0.0325. The molecule has 0 fully saturated rings. The molecule has 0 saturated heterocycles. The molecule has 0 spiro atoms. The van der Waals surface area contributed by atoms with Gasteiger partial charge in [0.1, 0.15) is 17.3 Å². The molecular formula is C16H16BrClFNO. The Hall–Kier alpha value is -1.10. The second-order valence-electron chi connectivity index (χ2n) is 4.81. The molecule has 2 rings (SSSR count). The smallest absolute Gasteiger partial charge is 0.149 e. The average molecular weight is 373 g/mol. The van der Waals surface area contributed by atoms with Gasteiger partial charge in [0.25, 0.3) is 0 Å². The quantitative estimate of drug-likeness (QED) is 0.771. The highest BCUT2D eigenvalue weighted by Gasteiger charge is 2.13. The predicted octanol–water partition coefficient (Wildman–Crippen LogP) is 5.31. The van der Waals surface area contributed by atoms with Gasteiger partial charge in [-0.2, -0.15) is 0 Å². The maximum atomic E-state index is 13.4. The van der Waals surface area contributed by atoms with Gasteiger partial charge in [0.05, 0.1) is 5.02 Å². The molecule has 0 aliphatic rings. The largest absolute Gasteiger partial charge is 0.455 e. The zero-order valence-corrected chi connectivity index (χ0v) is 13.9. The standard InChI is InChI=1S/C16H16BrClFNO/c1-2-13(20)6-10-4-3-5-15(18)16(10)21-14-8-11(17)7-12(19)9-14/h3-5,7-9,13H,2,6,20H2,1H3. The monoisotopic (exact) mass is 371 g/mol. The highest BCUT2D eigenvalue weighted by atomic mass is 79.9. The van der Waals surface area contributed by atoms with Gasteiger partial charge in [-0.25, -0.2) is 4.39 Å². The summed E-state index contributed by atoms with van der Waals surface area (Å²) in [6.45, 7) is 2.03. The second-order valence-corrected chi connectivity index (χ2v) is 6.13. The highest BCUT2D eigenvalue weighted by molar-refractivity contribution is 9.10. The number of halogens is 3. The summed E-state index contributed by atoms with van der Waals surface area (Å²) < 4.78 is 19.8. The Balaban J connectivity index is 2.34. The number of rotatable bonds is 5. The fourth-order valence-electron chi connectivity index (χ4n) is 1.96. The molecule has 2 aromatic carbocycles. The van der Waals surface area contributed by atoms with Crippen molar-refractivity contribution in [2.75, 3.05) is 0 Å². The summed E-state index contributed by atoms with van der Waals surface area (Å²) in [6.07, 6.45) is 1.51. The zero-order valence-electron chi connectivity index (χ0n) is 11.6. The molecule has 1 atom stereocenters. The topological polar surface area (TPSA) is 35.2 Å². The maximum Gasteiger partial charge on any atom is 0.149 e. The summed E-state index contributed by atoms with van der Waals surface area (Å²) in [6, 6.07) is 9.93. The number of hydrogen-bond acceptors (Lipinski definition) is 2. The molecule has 0 bridgehead atoms. The molecule has 5 heteroatoms. The minimum Gasteiger partial charge on any atom is -0.455 e. The molecular weight excluding hydrogens is 357 g/mol. The van der Waals surface area contributed by atoms with E-state index in [1.807, 2.05) is 19.1 Å². The third-order valence-electron chi connectivity index (χ3n) is 3.11. The van der Waals surface area contributed by atoms with Crippen LogP contribution in [0.5, 0.6) is 11.5 Å². The van der Waals surface area contributed by atoms with Gasteiger partial charge in [0.15, 0.2) is 0 Å². The zero-order chi connectivity index (χ0) is 15.4. The Morgan fingerprint density at radius 2 is 2.10 bits per heavy atom. The Labute approximate surface area is 137 Å². The molecule has 0 heterocycles. The van der Waals surface area contributed by atoms with Crippen molar-refractivity contribution >= 4 is 27.5 Å². The van der Waals surface area contributed by atoms with Gasteiger partial charge in [-0.05, 0) is 36.6 Å². The Kier molecular flexibility index (Phi) is 5.62. The summed E-state index contributed by atoms with van der Waals surface area (Å²) in [4.78, 5) is 0. The number of nitrogens with two attached hydrogens (primary N) is 1. The lowest BCUT2D eigenvalue weighted by molar-refractivity contribution is 0.467. The fraction of sp³-hybridized carbons (Fsp3) is 0.250. The van der Waals surface area contributed by atoms with Crippen molar-refractivity contribution in [1.82, 2.24) is 0 Å².